The Labute approximate surface area is 171 Å². The molecule has 0 radical (unpaired) electrons. The molecule has 148 valence electrons. The molecule has 2 aromatic heterocycles. The van der Waals surface area contributed by atoms with Gasteiger partial charge >= 0.3 is 0 Å². The van der Waals surface area contributed by atoms with Gasteiger partial charge in [-0.3, -0.25) is 4.72 Å². The van der Waals surface area contributed by atoms with Gasteiger partial charge in [0.2, 0.25) is 10.0 Å². The molecule has 0 saturated heterocycles. The average Bonchev–Trinajstić information content (AvgIpc) is 3.06. The summed E-state index contributed by atoms with van der Waals surface area (Å²) in [6.45, 7) is 5.87. The van der Waals surface area contributed by atoms with Crippen molar-refractivity contribution in [2.75, 3.05) is 4.72 Å². The number of anilines is 1. The van der Waals surface area contributed by atoms with E-state index >= 15 is 0 Å². The summed E-state index contributed by atoms with van der Waals surface area (Å²) < 4.78 is 30.2. The Balaban J connectivity index is 1.64. The van der Waals surface area contributed by atoms with Crippen LogP contribution in [-0.4, -0.2) is 17.8 Å². The summed E-state index contributed by atoms with van der Waals surface area (Å²) in [5, 5.41) is 0. The van der Waals surface area contributed by atoms with E-state index in [1.165, 1.54) is 0 Å². The van der Waals surface area contributed by atoms with Gasteiger partial charge in [0.25, 0.3) is 0 Å². The Bertz CT molecular complexity index is 1310. The van der Waals surface area contributed by atoms with Gasteiger partial charge in [0.1, 0.15) is 5.65 Å². The van der Waals surface area contributed by atoms with E-state index in [9.17, 15) is 8.42 Å². The van der Waals surface area contributed by atoms with Crippen LogP contribution in [0.1, 0.15) is 22.3 Å². The number of aryl methyl sites for hydroxylation is 3. The number of benzene rings is 2. The van der Waals surface area contributed by atoms with Crippen molar-refractivity contribution in [3.63, 3.8) is 0 Å². The number of nitrogens with one attached hydrogen (secondary N) is 1. The number of nitrogens with zero attached hydrogens (tertiary/aromatic N) is 2. The molecule has 2 heterocycles. The molecule has 0 aliphatic rings. The van der Waals surface area contributed by atoms with Crippen molar-refractivity contribution in [3.8, 4) is 11.3 Å². The zero-order valence-corrected chi connectivity index (χ0v) is 17.5. The fourth-order valence-corrected chi connectivity index (χ4v) is 4.58. The molecular formula is C23H23N3O2S. The second-order valence-corrected chi connectivity index (χ2v) is 9.20. The fourth-order valence-electron chi connectivity index (χ4n) is 3.34. The molecule has 29 heavy (non-hydrogen) atoms. The van der Waals surface area contributed by atoms with Gasteiger partial charge in [-0.15, -0.1) is 0 Å². The molecule has 0 unspecified atom stereocenters. The summed E-state index contributed by atoms with van der Waals surface area (Å²) in [4.78, 5) is 4.67. The van der Waals surface area contributed by atoms with E-state index in [-0.39, 0.29) is 5.75 Å². The number of pyridine rings is 1. The van der Waals surface area contributed by atoms with Gasteiger partial charge in [-0.2, -0.15) is 0 Å². The molecule has 6 heteroatoms. The summed E-state index contributed by atoms with van der Waals surface area (Å²) in [7, 11) is -3.53. The second kappa shape index (κ2) is 7.37. The predicted octanol–water partition coefficient (Wildman–Crippen LogP) is 4.87. The van der Waals surface area contributed by atoms with Crippen molar-refractivity contribution in [2.24, 2.45) is 0 Å². The number of hydrogen-bond acceptors (Lipinski definition) is 3. The SMILES string of the molecule is Cc1cccc(CS(=O)(=O)Nc2cc(-c3cn4ccc(C)cc4n3)ccc2C)c1. The number of hydrogen-bond donors (Lipinski definition) is 1. The third-order valence-electron chi connectivity index (χ3n) is 4.85. The first-order chi connectivity index (χ1) is 13.8. The lowest BCUT2D eigenvalue weighted by Crippen LogP contribution is -2.16. The molecule has 0 bridgehead atoms. The van der Waals surface area contributed by atoms with Crippen LogP contribution >= 0.6 is 0 Å². The van der Waals surface area contributed by atoms with Gasteiger partial charge in [0.15, 0.2) is 0 Å². The van der Waals surface area contributed by atoms with Gasteiger partial charge in [-0.1, -0.05) is 42.0 Å². The third kappa shape index (κ3) is 4.32. The molecule has 0 saturated carbocycles. The maximum Gasteiger partial charge on any atom is 0.236 e. The Kier molecular flexibility index (Phi) is 4.88. The summed E-state index contributed by atoms with van der Waals surface area (Å²) in [5.41, 5.74) is 6.91. The normalized spacial score (nSPS) is 11.7. The molecule has 0 spiro atoms. The predicted molar refractivity (Wildman–Crippen MR) is 118 cm³/mol. The molecular weight excluding hydrogens is 382 g/mol. The van der Waals surface area contributed by atoms with Crippen molar-refractivity contribution in [1.29, 1.82) is 0 Å². The topological polar surface area (TPSA) is 63.5 Å². The van der Waals surface area contributed by atoms with Gasteiger partial charge in [0.05, 0.1) is 17.1 Å². The Morgan fingerprint density at radius 1 is 0.966 bits per heavy atom. The molecule has 0 amide bonds. The molecule has 0 atom stereocenters. The lowest BCUT2D eigenvalue weighted by atomic mass is 10.1. The van der Waals surface area contributed by atoms with Crippen LogP contribution < -0.4 is 4.72 Å². The molecule has 5 nitrogen and oxygen atoms in total. The largest absolute Gasteiger partial charge is 0.306 e. The maximum atomic E-state index is 12.7. The highest BCUT2D eigenvalue weighted by Gasteiger charge is 2.15. The first-order valence-electron chi connectivity index (χ1n) is 9.41. The highest BCUT2D eigenvalue weighted by atomic mass is 32.2. The van der Waals surface area contributed by atoms with Gasteiger partial charge in [0, 0.05) is 18.0 Å². The van der Waals surface area contributed by atoms with E-state index in [0.717, 1.165) is 39.2 Å². The lowest BCUT2D eigenvalue weighted by Gasteiger charge is -2.12. The van der Waals surface area contributed by atoms with Crippen molar-refractivity contribution >= 4 is 21.4 Å². The number of rotatable bonds is 5. The van der Waals surface area contributed by atoms with E-state index < -0.39 is 10.0 Å². The quantitative estimate of drug-likeness (QED) is 0.515. The third-order valence-corrected chi connectivity index (χ3v) is 6.10. The minimum atomic E-state index is -3.53. The molecule has 4 aromatic rings. The van der Waals surface area contributed by atoms with Gasteiger partial charge < -0.3 is 4.40 Å². The zero-order valence-electron chi connectivity index (χ0n) is 16.7. The van der Waals surface area contributed by atoms with Crippen LogP contribution in [0.5, 0.6) is 0 Å². The number of aromatic nitrogens is 2. The van der Waals surface area contributed by atoms with Crippen molar-refractivity contribution < 1.29 is 8.42 Å². The minimum Gasteiger partial charge on any atom is -0.306 e. The van der Waals surface area contributed by atoms with E-state index in [0.29, 0.717) is 5.69 Å². The van der Waals surface area contributed by atoms with Crippen molar-refractivity contribution in [1.82, 2.24) is 9.38 Å². The Morgan fingerprint density at radius 2 is 1.76 bits per heavy atom. The van der Waals surface area contributed by atoms with Crippen molar-refractivity contribution in [3.05, 3.63) is 89.2 Å². The first-order valence-corrected chi connectivity index (χ1v) is 11.1. The number of fused-ring (bicyclic) bond motifs is 1. The molecule has 4 rings (SSSR count). The van der Waals surface area contributed by atoms with Crippen molar-refractivity contribution in [2.45, 2.75) is 26.5 Å². The monoisotopic (exact) mass is 405 g/mol. The standard InChI is InChI=1S/C23H23N3O2S/c1-16-5-4-6-19(11-16)15-29(27,28)25-21-13-20(8-7-18(21)3)22-14-26-10-9-17(2)12-23(26)24-22/h4-14,25H,15H2,1-3H3. The summed E-state index contributed by atoms with van der Waals surface area (Å²) >= 11 is 0. The summed E-state index contributed by atoms with van der Waals surface area (Å²) in [6, 6.07) is 17.3. The molecule has 0 fully saturated rings. The molecule has 2 aromatic carbocycles. The second-order valence-electron chi connectivity index (χ2n) is 7.48. The number of sulfonamides is 1. The van der Waals surface area contributed by atoms with Crippen LogP contribution in [0, 0.1) is 20.8 Å². The van der Waals surface area contributed by atoms with Crippen LogP contribution in [0.15, 0.2) is 67.0 Å². The minimum absolute atomic E-state index is 0.0635. The fraction of sp³-hybridized carbons (Fsp3) is 0.174. The van der Waals surface area contributed by atoms with E-state index in [1.54, 1.807) is 0 Å². The Hall–Kier alpha value is -3.12. The van der Waals surface area contributed by atoms with E-state index in [2.05, 4.69) is 9.71 Å². The van der Waals surface area contributed by atoms with Crippen LogP contribution in [0.3, 0.4) is 0 Å². The molecule has 1 N–H and O–H groups in total. The van der Waals surface area contributed by atoms with Gasteiger partial charge in [-0.25, -0.2) is 13.4 Å². The maximum absolute atomic E-state index is 12.7. The van der Waals surface area contributed by atoms with Crippen LogP contribution in [0.2, 0.25) is 0 Å². The van der Waals surface area contributed by atoms with Gasteiger partial charge in [-0.05, 0) is 55.7 Å². The summed E-state index contributed by atoms with van der Waals surface area (Å²) in [5.74, 6) is -0.0635. The highest BCUT2D eigenvalue weighted by molar-refractivity contribution is 7.91. The zero-order chi connectivity index (χ0) is 20.6. The summed E-state index contributed by atoms with van der Waals surface area (Å²) in [6.07, 6.45) is 3.92. The van der Waals surface area contributed by atoms with Crippen LogP contribution in [0.25, 0.3) is 16.9 Å². The number of imidazole rings is 1. The lowest BCUT2D eigenvalue weighted by molar-refractivity contribution is 0.600. The Morgan fingerprint density at radius 3 is 2.55 bits per heavy atom. The molecule has 0 aliphatic carbocycles. The van der Waals surface area contributed by atoms with E-state index in [1.807, 2.05) is 92.2 Å². The average molecular weight is 406 g/mol. The molecule has 0 aliphatic heterocycles. The smallest absolute Gasteiger partial charge is 0.236 e. The van der Waals surface area contributed by atoms with E-state index in [4.69, 9.17) is 0 Å². The van der Waals surface area contributed by atoms with Crippen LogP contribution in [0.4, 0.5) is 5.69 Å². The highest BCUT2D eigenvalue weighted by Crippen LogP contribution is 2.26. The van der Waals surface area contributed by atoms with Crippen LogP contribution in [-0.2, 0) is 15.8 Å². The first kappa shape index (κ1) is 19.2.